The molecule has 0 saturated heterocycles. The Kier molecular flexibility index (Phi) is 7.30. The fourth-order valence-electron chi connectivity index (χ4n) is 4.64. The molecular formula is C29H28F2N4O. The zero-order chi connectivity index (χ0) is 24.9. The van der Waals surface area contributed by atoms with Gasteiger partial charge >= 0.3 is 0 Å². The van der Waals surface area contributed by atoms with Gasteiger partial charge in [0.1, 0.15) is 0 Å². The molecule has 184 valence electrons. The normalized spacial score (nSPS) is 14.2. The number of rotatable bonds is 9. The molecule has 36 heavy (non-hydrogen) atoms. The summed E-state index contributed by atoms with van der Waals surface area (Å²) >= 11 is 0. The summed E-state index contributed by atoms with van der Waals surface area (Å²) in [5, 5.41) is 6.66. The SMILES string of the molecule is COCCNCCc1ccc(Nc2ncc3c(n2)-c2ccccc2[C@H](c2ccc(F)c(F)c2)C3)cc1. The predicted molar refractivity (Wildman–Crippen MR) is 138 cm³/mol. The lowest BCUT2D eigenvalue weighted by molar-refractivity contribution is 0.199. The Morgan fingerprint density at radius 2 is 1.81 bits per heavy atom. The Morgan fingerprint density at radius 1 is 0.972 bits per heavy atom. The summed E-state index contributed by atoms with van der Waals surface area (Å²) in [5.41, 5.74) is 6.76. The summed E-state index contributed by atoms with van der Waals surface area (Å²) in [6, 6.07) is 20.4. The van der Waals surface area contributed by atoms with E-state index in [-0.39, 0.29) is 5.92 Å². The average molecular weight is 487 g/mol. The fraction of sp³-hybridized carbons (Fsp3) is 0.241. The van der Waals surface area contributed by atoms with Crippen LogP contribution in [-0.4, -0.2) is 36.8 Å². The molecule has 3 aromatic carbocycles. The van der Waals surface area contributed by atoms with E-state index in [1.54, 1.807) is 13.2 Å². The maximum atomic E-state index is 14.0. The third kappa shape index (κ3) is 5.27. The van der Waals surface area contributed by atoms with Gasteiger partial charge in [-0.05, 0) is 65.9 Å². The number of hydrogen-bond acceptors (Lipinski definition) is 5. The summed E-state index contributed by atoms with van der Waals surface area (Å²) in [7, 11) is 1.70. The van der Waals surface area contributed by atoms with Gasteiger partial charge in [-0.1, -0.05) is 42.5 Å². The van der Waals surface area contributed by atoms with Crippen LogP contribution in [0.25, 0.3) is 11.3 Å². The van der Waals surface area contributed by atoms with Crippen molar-refractivity contribution < 1.29 is 13.5 Å². The van der Waals surface area contributed by atoms with Crippen LogP contribution in [0.4, 0.5) is 20.4 Å². The molecule has 0 unspecified atom stereocenters. The maximum Gasteiger partial charge on any atom is 0.227 e. The van der Waals surface area contributed by atoms with E-state index in [1.165, 1.54) is 17.7 Å². The monoisotopic (exact) mass is 486 g/mol. The highest BCUT2D eigenvalue weighted by Gasteiger charge is 2.28. The molecule has 0 fully saturated rings. The fourth-order valence-corrected chi connectivity index (χ4v) is 4.64. The van der Waals surface area contributed by atoms with Gasteiger partial charge in [0, 0.05) is 37.0 Å². The van der Waals surface area contributed by atoms with Crippen LogP contribution in [-0.2, 0) is 17.6 Å². The highest BCUT2D eigenvalue weighted by atomic mass is 19.2. The topological polar surface area (TPSA) is 59.1 Å². The van der Waals surface area contributed by atoms with E-state index < -0.39 is 11.6 Å². The first kappa shape index (κ1) is 24.0. The highest BCUT2D eigenvalue weighted by molar-refractivity contribution is 5.73. The van der Waals surface area contributed by atoms with Gasteiger partial charge in [-0.2, -0.15) is 0 Å². The summed E-state index contributed by atoms with van der Waals surface area (Å²) in [5.74, 6) is -1.25. The zero-order valence-corrected chi connectivity index (χ0v) is 20.1. The Morgan fingerprint density at radius 3 is 2.61 bits per heavy atom. The first-order chi connectivity index (χ1) is 17.6. The molecule has 0 saturated carbocycles. The van der Waals surface area contributed by atoms with E-state index in [0.29, 0.717) is 19.0 Å². The van der Waals surface area contributed by atoms with E-state index in [2.05, 4.69) is 27.8 Å². The van der Waals surface area contributed by atoms with Crippen LogP contribution in [0.1, 0.15) is 28.2 Å². The number of aromatic nitrogens is 2. The summed E-state index contributed by atoms with van der Waals surface area (Å²) in [6.07, 6.45) is 3.38. The lowest BCUT2D eigenvalue weighted by Crippen LogP contribution is -2.21. The molecule has 1 heterocycles. The molecule has 2 N–H and O–H groups in total. The molecule has 7 heteroatoms. The molecule has 1 aliphatic carbocycles. The molecule has 5 nitrogen and oxygen atoms in total. The van der Waals surface area contributed by atoms with Crippen molar-refractivity contribution >= 4 is 11.6 Å². The smallest absolute Gasteiger partial charge is 0.227 e. The first-order valence-corrected chi connectivity index (χ1v) is 12.1. The predicted octanol–water partition coefficient (Wildman–Crippen LogP) is 5.63. The largest absolute Gasteiger partial charge is 0.383 e. The lowest BCUT2D eigenvalue weighted by atomic mass is 9.78. The van der Waals surface area contributed by atoms with Crippen molar-refractivity contribution in [1.29, 1.82) is 0 Å². The van der Waals surface area contributed by atoms with Gasteiger partial charge in [0.2, 0.25) is 5.95 Å². The van der Waals surface area contributed by atoms with Gasteiger partial charge in [0.05, 0.1) is 12.3 Å². The highest BCUT2D eigenvalue weighted by Crippen LogP contribution is 2.42. The third-order valence-electron chi connectivity index (χ3n) is 6.51. The quantitative estimate of drug-likeness (QED) is 0.300. The lowest BCUT2D eigenvalue weighted by Gasteiger charge is -2.27. The van der Waals surface area contributed by atoms with Crippen LogP contribution in [0, 0.1) is 11.6 Å². The molecule has 0 aliphatic heterocycles. The minimum atomic E-state index is -0.839. The van der Waals surface area contributed by atoms with Crippen molar-refractivity contribution in [3.8, 4) is 11.3 Å². The number of methoxy groups -OCH3 is 1. The van der Waals surface area contributed by atoms with E-state index in [9.17, 15) is 8.78 Å². The molecule has 1 atom stereocenters. The van der Waals surface area contributed by atoms with Gasteiger partial charge in [0.25, 0.3) is 0 Å². The number of fused-ring (bicyclic) bond motifs is 3. The Hall–Kier alpha value is -3.68. The van der Waals surface area contributed by atoms with E-state index in [1.807, 2.05) is 42.6 Å². The van der Waals surface area contributed by atoms with Crippen molar-refractivity contribution in [2.75, 3.05) is 32.1 Å². The molecule has 1 aromatic heterocycles. The third-order valence-corrected chi connectivity index (χ3v) is 6.51. The van der Waals surface area contributed by atoms with Crippen molar-refractivity contribution in [2.45, 2.75) is 18.8 Å². The number of anilines is 2. The van der Waals surface area contributed by atoms with E-state index in [4.69, 9.17) is 9.72 Å². The van der Waals surface area contributed by atoms with E-state index in [0.717, 1.165) is 53.1 Å². The van der Waals surface area contributed by atoms with Crippen LogP contribution in [0.5, 0.6) is 0 Å². The molecule has 0 amide bonds. The Bertz CT molecular complexity index is 1340. The van der Waals surface area contributed by atoms with Gasteiger partial charge in [0.15, 0.2) is 11.6 Å². The van der Waals surface area contributed by atoms with Crippen molar-refractivity contribution in [3.05, 3.63) is 107 Å². The number of nitrogens with zero attached hydrogens (tertiary/aromatic N) is 2. The van der Waals surface area contributed by atoms with Crippen molar-refractivity contribution in [2.24, 2.45) is 0 Å². The number of nitrogens with one attached hydrogen (secondary N) is 2. The summed E-state index contributed by atoms with van der Waals surface area (Å²) < 4.78 is 32.6. The molecule has 0 radical (unpaired) electrons. The number of halogens is 2. The minimum Gasteiger partial charge on any atom is -0.383 e. The summed E-state index contributed by atoms with van der Waals surface area (Å²) in [6.45, 7) is 2.45. The average Bonchev–Trinajstić information content (AvgIpc) is 2.91. The van der Waals surface area contributed by atoms with Crippen LogP contribution in [0.2, 0.25) is 0 Å². The Labute approximate surface area is 209 Å². The van der Waals surface area contributed by atoms with Crippen LogP contribution < -0.4 is 10.6 Å². The Balaban J connectivity index is 1.33. The second-order valence-corrected chi connectivity index (χ2v) is 8.90. The zero-order valence-electron chi connectivity index (χ0n) is 20.1. The van der Waals surface area contributed by atoms with Gasteiger partial charge < -0.3 is 15.4 Å². The maximum absolute atomic E-state index is 14.0. The van der Waals surface area contributed by atoms with Crippen LogP contribution in [0.15, 0.2) is 72.9 Å². The standard InChI is InChI=1S/C29H28F2N4O/c1-36-15-14-32-13-12-19-6-9-22(10-7-19)34-29-33-18-21-16-25(20-8-11-26(30)27(31)17-20)23-4-2-3-5-24(23)28(21)35-29/h2-11,17-18,25,32H,12-16H2,1H3,(H,33,34,35)/t25-/m0/s1. The van der Waals surface area contributed by atoms with Crippen molar-refractivity contribution in [1.82, 2.24) is 15.3 Å². The van der Waals surface area contributed by atoms with Gasteiger partial charge in [-0.3, -0.25) is 0 Å². The van der Waals surface area contributed by atoms with Gasteiger partial charge in [-0.25, -0.2) is 18.7 Å². The molecule has 0 bridgehead atoms. The van der Waals surface area contributed by atoms with Crippen molar-refractivity contribution in [3.63, 3.8) is 0 Å². The number of benzene rings is 3. The molecular weight excluding hydrogens is 458 g/mol. The minimum absolute atomic E-state index is 0.0947. The van der Waals surface area contributed by atoms with E-state index >= 15 is 0 Å². The first-order valence-electron chi connectivity index (χ1n) is 12.1. The van der Waals surface area contributed by atoms with Gasteiger partial charge in [-0.15, -0.1) is 0 Å². The molecule has 4 aromatic rings. The molecule has 5 rings (SSSR count). The second kappa shape index (κ2) is 10.9. The van der Waals surface area contributed by atoms with Crippen LogP contribution >= 0.6 is 0 Å². The molecule has 0 spiro atoms. The summed E-state index contributed by atoms with van der Waals surface area (Å²) in [4.78, 5) is 9.37. The second-order valence-electron chi connectivity index (χ2n) is 8.90. The van der Waals surface area contributed by atoms with Crippen LogP contribution in [0.3, 0.4) is 0 Å². The number of ether oxygens (including phenoxy) is 1. The number of hydrogen-bond donors (Lipinski definition) is 2. The molecule has 1 aliphatic rings.